The molecule has 1 aromatic heterocycles. The van der Waals surface area contributed by atoms with Crippen LogP contribution in [0.2, 0.25) is 0 Å². The van der Waals surface area contributed by atoms with Crippen molar-refractivity contribution in [2.45, 2.75) is 45.1 Å². The molecule has 0 saturated carbocycles. The molecular weight excluding hydrogens is 344 g/mol. The first-order valence-electron chi connectivity index (χ1n) is 9.24. The number of anilines is 1. The van der Waals surface area contributed by atoms with Crippen LogP contribution in [0, 0.1) is 0 Å². The smallest absolute Gasteiger partial charge is 0.254 e. The molecule has 0 bridgehead atoms. The first-order valence-corrected chi connectivity index (χ1v) is 9.24. The van der Waals surface area contributed by atoms with E-state index in [1.54, 1.807) is 0 Å². The van der Waals surface area contributed by atoms with Crippen LogP contribution in [0.3, 0.4) is 0 Å². The number of nitrogens with zero attached hydrogens (tertiary/aromatic N) is 2. The molecule has 0 radical (unpaired) electrons. The standard InChI is InChI=1S/C20H26N4O3/c1-14(2)23-20-21-10-16(11-22-20)19(25)24-17-8-9-26-13-18(17)27-12-15-6-4-3-5-7-15/h3-7,10-11,14,17-18H,8-9,12-13H2,1-2H3,(H,24,25)(H,21,22,23). The molecule has 2 unspecified atom stereocenters. The second-order valence-electron chi connectivity index (χ2n) is 6.87. The van der Waals surface area contributed by atoms with Gasteiger partial charge in [0.15, 0.2) is 0 Å². The molecule has 2 aromatic rings. The number of carbonyl (C=O) groups excluding carboxylic acids is 1. The van der Waals surface area contributed by atoms with Crippen molar-refractivity contribution in [2.75, 3.05) is 18.5 Å². The van der Waals surface area contributed by atoms with E-state index in [0.717, 1.165) is 5.56 Å². The van der Waals surface area contributed by atoms with Crippen LogP contribution in [0.1, 0.15) is 36.2 Å². The van der Waals surface area contributed by atoms with Crippen LogP contribution < -0.4 is 10.6 Å². The molecule has 144 valence electrons. The van der Waals surface area contributed by atoms with Crippen molar-refractivity contribution in [1.29, 1.82) is 0 Å². The highest BCUT2D eigenvalue weighted by molar-refractivity contribution is 5.93. The van der Waals surface area contributed by atoms with Gasteiger partial charge in [-0.25, -0.2) is 9.97 Å². The molecule has 1 amide bonds. The van der Waals surface area contributed by atoms with Gasteiger partial charge >= 0.3 is 0 Å². The second kappa shape index (κ2) is 9.43. The van der Waals surface area contributed by atoms with Crippen LogP contribution in [-0.4, -0.2) is 47.3 Å². The van der Waals surface area contributed by atoms with Gasteiger partial charge in [0.05, 0.1) is 24.8 Å². The van der Waals surface area contributed by atoms with Gasteiger partial charge in [0.25, 0.3) is 5.91 Å². The Kier molecular flexibility index (Phi) is 6.73. The van der Waals surface area contributed by atoms with Gasteiger partial charge < -0.3 is 20.1 Å². The van der Waals surface area contributed by atoms with E-state index < -0.39 is 0 Å². The molecular formula is C20H26N4O3. The van der Waals surface area contributed by atoms with Gasteiger partial charge in [-0.05, 0) is 25.8 Å². The lowest BCUT2D eigenvalue weighted by Gasteiger charge is -2.32. The van der Waals surface area contributed by atoms with E-state index >= 15 is 0 Å². The van der Waals surface area contributed by atoms with Gasteiger partial charge in [0.2, 0.25) is 5.95 Å². The zero-order valence-corrected chi connectivity index (χ0v) is 15.7. The number of benzene rings is 1. The highest BCUT2D eigenvalue weighted by Gasteiger charge is 2.28. The summed E-state index contributed by atoms with van der Waals surface area (Å²) >= 11 is 0. The molecule has 7 heteroatoms. The highest BCUT2D eigenvalue weighted by atomic mass is 16.5. The molecule has 3 rings (SSSR count). The van der Waals surface area contributed by atoms with E-state index in [2.05, 4.69) is 20.6 Å². The largest absolute Gasteiger partial charge is 0.379 e. The molecule has 1 aromatic carbocycles. The normalized spacial score (nSPS) is 19.7. The fourth-order valence-corrected chi connectivity index (χ4v) is 2.85. The maximum Gasteiger partial charge on any atom is 0.254 e. The van der Waals surface area contributed by atoms with E-state index in [-0.39, 0.29) is 24.1 Å². The van der Waals surface area contributed by atoms with Crippen LogP contribution in [0.4, 0.5) is 5.95 Å². The fourth-order valence-electron chi connectivity index (χ4n) is 2.85. The topological polar surface area (TPSA) is 85.4 Å². The van der Waals surface area contributed by atoms with Gasteiger partial charge in [0, 0.05) is 25.0 Å². The fraction of sp³-hybridized carbons (Fsp3) is 0.450. The maximum atomic E-state index is 12.6. The molecule has 0 aliphatic carbocycles. The summed E-state index contributed by atoms with van der Waals surface area (Å²) in [6.45, 7) is 5.56. The van der Waals surface area contributed by atoms with Gasteiger partial charge in [-0.2, -0.15) is 0 Å². The number of carbonyl (C=O) groups is 1. The predicted molar refractivity (Wildman–Crippen MR) is 102 cm³/mol. The quantitative estimate of drug-likeness (QED) is 0.778. The first-order chi connectivity index (χ1) is 13.1. The molecule has 2 atom stereocenters. The summed E-state index contributed by atoms with van der Waals surface area (Å²) in [5, 5.41) is 6.14. The van der Waals surface area contributed by atoms with Crippen molar-refractivity contribution in [3.05, 3.63) is 53.9 Å². The van der Waals surface area contributed by atoms with Crippen LogP contribution in [0.5, 0.6) is 0 Å². The number of nitrogens with one attached hydrogen (secondary N) is 2. The Hall–Kier alpha value is -2.51. The van der Waals surface area contributed by atoms with Gasteiger partial charge in [0.1, 0.15) is 6.10 Å². The zero-order chi connectivity index (χ0) is 19.1. The predicted octanol–water partition coefficient (Wildman–Crippen LogP) is 2.40. The summed E-state index contributed by atoms with van der Waals surface area (Å²) in [7, 11) is 0. The van der Waals surface area contributed by atoms with Gasteiger partial charge in [-0.15, -0.1) is 0 Å². The van der Waals surface area contributed by atoms with Gasteiger partial charge in [-0.1, -0.05) is 30.3 Å². The summed E-state index contributed by atoms with van der Waals surface area (Å²) in [5.74, 6) is 0.308. The van der Waals surface area contributed by atoms with E-state index in [1.165, 1.54) is 12.4 Å². The number of rotatable bonds is 7. The number of amides is 1. The average molecular weight is 370 g/mol. The highest BCUT2D eigenvalue weighted by Crippen LogP contribution is 2.15. The van der Waals surface area contributed by atoms with Crippen LogP contribution in [0.25, 0.3) is 0 Å². The molecule has 0 spiro atoms. The molecule has 1 aliphatic rings. The summed E-state index contributed by atoms with van der Waals surface area (Å²) in [4.78, 5) is 20.9. The molecule has 2 N–H and O–H groups in total. The van der Waals surface area contributed by atoms with Crippen LogP contribution in [0.15, 0.2) is 42.7 Å². The third kappa shape index (κ3) is 5.74. The van der Waals surface area contributed by atoms with Crippen LogP contribution in [-0.2, 0) is 16.1 Å². The second-order valence-corrected chi connectivity index (χ2v) is 6.87. The molecule has 2 heterocycles. The number of aromatic nitrogens is 2. The van der Waals surface area contributed by atoms with Crippen molar-refractivity contribution in [3.8, 4) is 0 Å². The summed E-state index contributed by atoms with van der Waals surface area (Å²) in [6.07, 6.45) is 3.59. The summed E-state index contributed by atoms with van der Waals surface area (Å²) in [5.41, 5.74) is 1.52. The Morgan fingerprint density at radius 2 is 2.00 bits per heavy atom. The maximum absolute atomic E-state index is 12.6. The Morgan fingerprint density at radius 3 is 2.70 bits per heavy atom. The Bertz CT molecular complexity index is 722. The molecule has 1 fully saturated rings. The third-order valence-electron chi connectivity index (χ3n) is 4.26. The lowest BCUT2D eigenvalue weighted by molar-refractivity contribution is -0.0736. The number of hydrogen-bond acceptors (Lipinski definition) is 6. The summed E-state index contributed by atoms with van der Waals surface area (Å²) in [6, 6.07) is 10.1. The summed E-state index contributed by atoms with van der Waals surface area (Å²) < 4.78 is 11.5. The lowest BCUT2D eigenvalue weighted by Crippen LogP contribution is -2.50. The molecule has 27 heavy (non-hydrogen) atoms. The average Bonchev–Trinajstić information content (AvgIpc) is 2.68. The van der Waals surface area contributed by atoms with E-state index in [4.69, 9.17) is 9.47 Å². The van der Waals surface area contributed by atoms with Crippen molar-refractivity contribution in [1.82, 2.24) is 15.3 Å². The molecule has 1 aliphatic heterocycles. The van der Waals surface area contributed by atoms with E-state index in [1.807, 2.05) is 44.2 Å². The lowest BCUT2D eigenvalue weighted by atomic mass is 10.1. The minimum absolute atomic E-state index is 0.108. The van der Waals surface area contributed by atoms with Crippen molar-refractivity contribution in [3.63, 3.8) is 0 Å². The minimum atomic E-state index is -0.202. The number of hydrogen-bond donors (Lipinski definition) is 2. The Morgan fingerprint density at radius 1 is 1.26 bits per heavy atom. The van der Waals surface area contributed by atoms with Crippen molar-refractivity contribution < 1.29 is 14.3 Å². The van der Waals surface area contributed by atoms with Gasteiger partial charge in [-0.3, -0.25) is 4.79 Å². The molecule has 1 saturated heterocycles. The number of ether oxygens (including phenoxy) is 2. The van der Waals surface area contributed by atoms with Crippen LogP contribution >= 0.6 is 0 Å². The Labute approximate surface area is 159 Å². The Balaban J connectivity index is 1.57. The first kappa shape index (κ1) is 19.3. The zero-order valence-electron chi connectivity index (χ0n) is 15.7. The SMILES string of the molecule is CC(C)Nc1ncc(C(=O)NC2CCOCC2OCc2ccccc2)cn1. The van der Waals surface area contributed by atoms with E-state index in [9.17, 15) is 4.79 Å². The molecule has 7 nitrogen and oxygen atoms in total. The minimum Gasteiger partial charge on any atom is -0.379 e. The van der Waals surface area contributed by atoms with E-state index in [0.29, 0.717) is 37.8 Å². The monoisotopic (exact) mass is 370 g/mol. The van der Waals surface area contributed by atoms with Crippen molar-refractivity contribution >= 4 is 11.9 Å². The third-order valence-corrected chi connectivity index (χ3v) is 4.26. The van der Waals surface area contributed by atoms with Crippen molar-refractivity contribution in [2.24, 2.45) is 0 Å².